The van der Waals surface area contributed by atoms with Gasteiger partial charge in [-0.2, -0.15) is 0 Å². The van der Waals surface area contributed by atoms with Gasteiger partial charge in [-0.15, -0.1) is 0 Å². The summed E-state index contributed by atoms with van der Waals surface area (Å²) < 4.78 is 13.2. The standard InChI is InChI=1S/C20H32BFN2O4/c22-17-9-7-16(8-10-17)18-6-1-4-14-24(18)15-5-12-20(23,19(25)26)11-2-3-13-21(27)28/h7-10,18,27-28H,1-6,11-15,23H2,(H,25,26). The van der Waals surface area contributed by atoms with Crippen molar-refractivity contribution in [3.8, 4) is 0 Å². The zero-order valence-corrected chi connectivity index (χ0v) is 16.4. The number of halogens is 1. The molecule has 0 aromatic heterocycles. The molecule has 1 saturated heterocycles. The van der Waals surface area contributed by atoms with E-state index in [0.29, 0.717) is 32.1 Å². The van der Waals surface area contributed by atoms with Crippen LogP contribution in [0.1, 0.15) is 63.0 Å². The number of carboxylic acids is 1. The Morgan fingerprint density at radius 3 is 2.50 bits per heavy atom. The Kier molecular flexibility index (Phi) is 8.88. The first-order chi connectivity index (χ1) is 13.3. The number of nitrogens with zero attached hydrogens (tertiary/aromatic N) is 1. The zero-order valence-electron chi connectivity index (χ0n) is 16.4. The molecule has 0 saturated carbocycles. The molecule has 5 N–H and O–H groups in total. The van der Waals surface area contributed by atoms with Gasteiger partial charge < -0.3 is 20.9 Å². The normalized spacial score (nSPS) is 19.9. The van der Waals surface area contributed by atoms with Crippen LogP contribution in [0.15, 0.2) is 24.3 Å². The number of aliphatic carboxylic acids is 1. The van der Waals surface area contributed by atoms with Crippen molar-refractivity contribution in [1.29, 1.82) is 0 Å². The molecule has 1 aromatic carbocycles. The summed E-state index contributed by atoms with van der Waals surface area (Å²) in [6.07, 6.45) is 5.91. The molecule has 1 aromatic rings. The fraction of sp³-hybridized carbons (Fsp3) is 0.650. The highest BCUT2D eigenvalue weighted by Gasteiger charge is 2.33. The third kappa shape index (κ3) is 6.85. The van der Waals surface area contributed by atoms with E-state index in [0.717, 1.165) is 37.9 Å². The predicted octanol–water partition coefficient (Wildman–Crippen LogP) is 2.56. The van der Waals surface area contributed by atoms with Crippen LogP contribution in [-0.4, -0.2) is 51.8 Å². The van der Waals surface area contributed by atoms with Gasteiger partial charge >= 0.3 is 13.1 Å². The van der Waals surface area contributed by atoms with E-state index in [1.165, 1.54) is 12.1 Å². The van der Waals surface area contributed by atoms with Gasteiger partial charge in [-0.3, -0.25) is 9.69 Å². The number of likely N-dealkylation sites (tertiary alicyclic amines) is 1. The van der Waals surface area contributed by atoms with Crippen LogP contribution in [0.2, 0.25) is 6.32 Å². The summed E-state index contributed by atoms with van der Waals surface area (Å²) in [6.45, 7) is 1.70. The summed E-state index contributed by atoms with van der Waals surface area (Å²) in [4.78, 5) is 14.0. The summed E-state index contributed by atoms with van der Waals surface area (Å²) >= 11 is 0. The average molecular weight is 394 g/mol. The first-order valence-corrected chi connectivity index (χ1v) is 10.2. The van der Waals surface area contributed by atoms with Crippen molar-refractivity contribution in [2.75, 3.05) is 13.1 Å². The SMILES string of the molecule is NC(CCCCB(O)O)(CCCN1CCCCC1c1ccc(F)cc1)C(=O)O. The lowest BCUT2D eigenvalue weighted by Gasteiger charge is -2.37. The molecule has 8 heteroatoms. The van der Waals surface area contributed by atoms with Crippen molar-refractivity contribution < 1.29 is 24.3 Å². The van der Waals surface area contributed by atoms with Crippen molar-refractivity contribution >= 4 is 13.1 Å². The number of nitrogens with two attached hydrogens (primary N) is 1. The highest BCUT2D eigenvalue weighted by atomic mass is 19.1. The summed E-state index contributed by atoms with van der Waals surface area (Å²) in [5, 5.41) is 27.3. The predicted molar refractivity (Wildman–Crippen MR) is 107 cm³/mol. The third-order valence-electron chi connectivity index (χ3n) is 5.70. The minimum Gasteiger partial charge on any atom is -0.480 e. The fourth-order valence-electron chi connectivity index (χ4n) is 4.02. The van der Waals surface area contributed by atoms with Crippen molar-refractivity contribution in [3.63, 3.8) is 0 Å². The molecule has 28 heavy (non-hydrogen) atoms. The number of unbranched alkanes of at least 4 members (excludes halogenated alkanes) is 1. The van der Waals surface area contributed by atoms with Gasteiger partial charge in [0, 0.05) is 6.04 Å². The van der Waals surface area contributed by atoms with E-state index in [2.05, 4.69) is 4.90 Å². The Bertz CT molecular complexity index is 617. The maximum Gasteiger partial charge on any atom is 0.451 e. The lowest BCUT2D eigenvalue weighted by molar-refractivity contribution is -0.144. The lowest BCUT2D eigenvalue weighted by atomic mass is 9.81. The number of benzene rings is 1. The maximum absolute atomic E-state index is 13.2. The van der Waals surface area contributed by atoms with Crippen LogP contribution in [-0.2, 0) is 4.79 Å². The van der Waals surface area contributed by atoms with Crippen LogP contribution >= 0.6 is 0 Å². The van der Waals surface area contributed by atoms with Gasteiger partial charge in [0.2, 0.25) is 0 Å². The lowest BCUT2D eigenvalue weighted by Crippen LogP contribution is -2.48. The van der Waals surface area contributed by atoms with E-state index in [1.54, 1.807) is 0 Å². The van der Waals surface area contributed by atoms with Gasteiger partial charge in [0.25, 0.3) is 0 Å². The van der Waals surface area contributed by atoms with Crippen molar-refractivity contribution in [2.24, 2.45) is 5.73 Å². The van der Waals surface area contributed by atoms with E-state index < -0.39 is 18.6 Å². The summed E-state index contributed by atoms with van der Waals surface area (Å²) in [5.41, 5.74) is 5.96. The first kappa shape index (κ1) is 22.8. The topological polar surface area (TPSA) is 107 Å². The molecule has 0 aliphatic carbocycles. The van der Waals surface area contributed by atoms with E-state index >= 15 is 0 Å². The van der Waals surface area contributed by atoms with Crippen LogP contribution in [0.4, 0.5) is 4.39 Å². The molecule has 2 rings (SSSR count). The Hall–Kier alpha value is -1.48. The number of hydrogen-bond donors (Lipinski definition) is 4. The number of carbonyl (C=O) groups is 1. The van der Waals surface area contributed by atoms with Crippen LogP contribution < -0.4 is 5.73 Å². The van der Waals surface area contributed by atoms with Crippen molar-refractivity contribution in [1.82, 2.24) is 4.90 Å². The fourth-order valence-corrected chi connectivity index (χ4v) is 4.02. The van der Waals surface area contributed by atoms with Crippen molar-refractivity contribution in [2.45, 2.75) is 69.3 Å². The third-order valence-corrected chi connectivity index (χ3v) is 5.70. The Labute approximate surface area is 166 Å². The molecule has 1 aliphatic rings. The molecule has 6 nitrogen and oxygen atoms in total. The molecule has 0 radical (unpaired) electrons. The average Bonchev–Trinajstić information content (AvgIpc) is 2.66. The van der Waals surface area contributed by atoms with E-state index in [4.69, 9.17) is 15.8 Å². The van der Waals surface area contributed by atoms with Crippen LogP contribution in [0, 0.1) is 5.82 Å². The molecule has 156 valence electrons. The number of hydrogen-bond acceptors (Lipinski definition) is 5. The van der Waals surface area contributed by atoms with Gasteiger partial charge in [-0.05, 0) is 69.2 Å². The molecule has 0 bridgehead atoms. The van der Waals surface area contributed by atoms with Gasteiger partial charge in [0.05, 0.1) is 0 Å². The Balaban J connectivity index is 1.88. The first-order valence-electron chi connectivity index (χ1n) is 10.2. The second-order valence-corrected chi connectivity index (χ2v) is 7.89. The molecule has 1 aliphatic heterocycles. The molecule has 2 atom stereocenters. The summed E-state index contributed by atoms with van der Waals surface area (Å²) in [5.74, 6) is -1.25. The number of piperidine rings is 1. The smallest absolute Gasteiger partial charge is 0.451 e. The molecule has 1 fully saturated rings. The highest BCUT2D eigenvalue weighted by Crippen LogP contribution is 2.31. The van der Waals surface area contributed by atoms with Gasteiger partial charge in [0.15, 0.2) is 0 Å². The van der Waals surface area contributed by atoms with E-state index in [-0.39, 0.29) is 18.2 Å². The second-order valence-electron chi connectivity index (χ2n) is 7.89. The molecule has 0 spiro atoms. The molecular weight excluding hydrogens is 362 g/mol. The Morgan fingerprint density at radius 1 is 1.18 bits per heavy atom. The van der Waals surface area contributed by atoms with Crippen molar-refractivity contribution in [3.05, 3.63) is 35.6 Å². The minimum absolute atomic E-state index is 0.225. The second kappa shape index (κ2) is 10.9. The minimum atomic E-state index is -1.36. The van der Waals surface area contributed by atoms with Gasteiger partial charge in [-0.25, -0.2) is 4.39 Å². The largest absolute Gasteiger partial charge is 0.480 e. The summed E-state index contributed by atoms with van der Waals surface area (Å²) in [6, 6.07) is 6.87. The van der Waals surface area contributed by atoms with E-state index in [1.807, 2.05) is 12.1 Å². The van der Waals surface area contributed by atoms with Gasteiger partial charge in [-0.1, -0.05) is 31.4 Å². The Morgan fingerprint density at radius 2 is 1.86 bits per heavy atom. The monoisotopic (exact) mass is 394 g/mol. The molecule has 2 unspecified atom stereocenters. The van der Waals surface area contributed by atoms with Crippen LogP contribution in [0.3, 0.4) is 0 Å². The van der Waals surface area contributed by atoms with Crippen LogP contribution in [0.25, 0.3) is 0 Å². The van der Waals surface area contributed by atoms with Gasteiger partial charge in [0.1, 0.15) is 11.4 Å². The van der Waals surface area contributed by atoms with Crippen LogP contribution in [0.5, 0.6) is 0 Å². The number of rotatable bonds is 11. The molecule has 0 amide bonds. The number of carboxylic acid groups (broad SMARTS) is 1. The molecule has 1 heterocycles. The maximum atomic E-state index is 13.2. The molecular formula is C20H32BFN2O4. The zero-order chi connectivity index (χ0) is 20.6. The summed E-state index contributed by atoms with van der Waals surface area (Å²) in [7, 11) is -1.36. The van der Waals surface area contributed by atoms with E-state index in [9.17, 15) is 14.3 Å². The highest BCUT2D eigenvalue weighted by molar-refractivity contribution is 6.40. The quantitative estimate of drug-likeness (QED) is 0.340.